The van der Waals surface area contributed by atoms with E-state index in [1.54, 1.807) is 24.1 Å². The van der Waals surface area contributed by atoms with Gasteiger partial charge in [-0.15, -0.1) is 0 Å². The van der Waals surface area contributed by atoms with E-state index in [1.807, 2.05) is 19.9 Å². The van der Waals surface area contributed by atoms with Crippen molar-refractivity contribution < 1.29 is 18.5 Å². The summed E-state index contributed by atoms with van der Waals surface area (Å²) in [6.45, 7) is 5.23. The highest BCUT2D eigenvalue weighted by Crippen LogP contribution is 2.33. The molecule has 0 N–H and O–H groups in total. The number of rotatable bonds is 6. The molecule has 1 fully saturated rings. The fourth-order valence-corrected chi connectivity index (χ4v) is 3.45. The number of hydrogen-bond donors (Lipinski definition) is 0. The second-order valence-corrected chi connectivity index (χ2v) is 7.33. The third-order valence-electron chi connectivity index (χ3n) is 4.97. The lowest BCUT2D eigenvalue weighted by molar-refractivity contribution is 0.0710. The number of nitrogens with zero attached hydrogens (tertiary/aromatic N) is 4. The predicted octanol–water partition coefficient (Wildman–Crippen LogP) is 3.50. The van der Waals surface area contributed by atoms with Crippen LogP contribution in [0.4, 0.5) is 0 Å². The van der Waals surface area contributed by atoms with Crippen molar-refractivity contribution in [3.63, 3.8) is 0 Å². The number of likely N-dealkylation sites (tertiary alicyclic amines) is 1. The van der Waals surface area contributed by atoms with Crippen LogP contribution >= 0.6 is 0 Å². The van der Waals surface area contributed by atoms with Crippen molar-refractivity contribution >= 4 is 17.0 Å². The van der Waals surface area contributed by atoms with Gasteiger partial charge in [-0.2, -0.15) is 4.98 Å². The van der Waals surface area contributed by atoms with Crippen LogP contribution in [-0.4, -0.2) is 46.2 Å². The van der Waals surface area contributed by atoms with Gasteiger partial charge in [0.15, 0.2) is 17.3 Å². The van der Waals surface area contributed by atoms with Crippen LogP contribution in [0.5, 0.6) is 0 Å². The molecule has 1 atom stereocenters. The van der Waals surface area contributed by atoms with Gasteiger partial charge >= 0.3 is 0 Å². The minimum atomic E-state index is -0.185. The molecule has 3 aromatic rings. The summed E-state index contributed by atoms with van der Waals surface area (Å²) in [5.41, 5.74) is 1.91. The van der Waals surface area contributed by atoms with Gasteiger partial charge < -0.3 is 18.6 Å². The van der Waals surface area contributed by atoms with E-state index < -0.39 is 0 Å². The molecule has 1 saturated heterocycles. The Labute approximate surface area is 162 Å². The van der Waals surface area contributed by atoms with Crippen LogP contribution in [-0.2, 0) is 11.2 Å². The average Bonchev–Trinajstić information content (AvgIpc) is 3.43. The molecule has 0 bridgehead atoms. The fraction of sp³-hybridized carbons (Fsp3) is 0.500. The lowest BCUT2D eigenvalue weighted by Crippen LogP contribution is -2.30. The fourth-order valence-electron chi connectivity index (χ4n) is 3.45. The number of carbonyl (C=O) groups is 1. The summed E-state index contributed by atoms with van der Waals surface area (Å²) in [6, 6.07) is 5.17. The lowest BCUT2D eigenvalue weighted by atomic mass is 10.1. The van der Waals surface area contributed by atoms with Crippen molar-refractivity contribution in [3.8, 4) is 0 Å². The van der Waals surface area contributed by atoms with E-state index in [2.05, 4.69) is 15.1 Å². The predicted molar refractivity (Wildman–Crippen MR) is 101 cm³/mol. The smallest absolute Gasteiger partial charge is 0.254 e. The molecule has 0 aliphatic carbocycles. The Balaban J connectivity index is 1.56. The van der Waals surface area contributed by atoms with Gasteiger partial charge in [0, 0.05) is 31.6 Å². The van der Waals surface area contributed by atoms with Crippen LogP contribution in [0.2, 0.25) is 0 Å². The molecule has 1 amide bonds. The number of amides is 1. The minimum Gasteiger partial charge on any atom is -0.441 e. The molecule has 1 unspecified atom stereocenters. The Morgan fingerprint density at radius 2 is 2.21 bits per heavy atom. The van der Waals surface area contributed by atoms with E-state index >= 15 is 0 Å². The number of benzene rings is 1. The van der Waals surface area contributed by atoms with E-state index in [4.69, 9.17) is 13.7 Å². The summed E-state index contributed by atoms with van der Waals surface area (Å²) in [5, 5.41) is 4.04. The van der Waals surface area contributed by atoms with E-state index in [-0.39, 0.29) is 17.9 Å². The highest BCUT2D eigenvalue weighted by Gasteiger charge is 2.35. The number of hydrogen-bond acceptors (Lipinski definition) is 7. The quantitative estimate of drug-likeness (QED) is 0.642. The van der Waals surface area contributed by atoms with Crippen LogP contribution in [0.25, 0.3) is 11.1 Å². The van der Waals surface area contributed by atoms with Gasteiger partial charge in [-0.25, -0.2) is 4.98 Å². The third kappa shape index (κ3) is 3.52. The van der Waals surface area contributed by atoms with Gasteiger partial charge in [0.25, 0.3) is 5.91 Å². The van der Waals surface area contributed by atoms with Crippen molar-refractivity contribution in [1.82, 2.24) is 20.0 Å². The zero-order valence-corrected chi connectivity index (χ0v) is 16.3. The van der Waals surface area contributed by atoms with Gasteiger partial charge in [0.1, 0.15) is 11.6 Å². The minimum absolute atomic E-state index is 0.0662. The second-order valence-electron chi connectivity index (χ2n) is 7.33. The topological polar surface area (TPSA) is 94.5 Å². The Bertz CT molecular complexity index is 978. The van der Waals surface area contributed by atoms with Crippen LogP contribution in [0.3, 0.4) is 0 Å². The highest BCUT2D eigenvalue weighted by molar-refractivity contribution is 5.97. The van der Waals surface area contributed by atoms with Crippen LogP contribution < -0.4 is 0 Å². The number of ether oxygens (including phenoxy) is 1. The van der Waals surface area contributed by atoms with Gasteiger partial charge in [0.2, 0.25) is 5.89 Å². The summed E-state index contributed by atoms with van der Waals surface area (Å²) in [4.78, 5) is 23.9. The molecule has 1 aliphatic heterocycles. The average molecular weight is 384 g/mol. The van der Waals surface area contributed by atoms with Crippen molar-refractivity contribution in [3.05, 3.63) is 41.4 Å². The molecule has 148 valence electrons. The first-order valence-corrected chi connectivity index (χ1v) is 9.59. The van der Waals surface area contributed by atoms with Crippen molar-refractivity contribution in [2.24, 2.45) is 0 Å². The standard InChI is InChI=1S/C20H24N4O4/c1-12(2)18-22-19(28-23-18)15-5-4-9-24(15)20(25)13-6-7-14-16(11-13)27-17(21-14)8-10-26-3/h6-7,11-12,15H,4-5,8-10H2,1-3H3. The first-order valence-electron chi connectivity index (χ1n) is 9.59. The molecule has 0 spiro atoms. The van der Waals surface area contributed by atoms with Crippen LogP contribution in [0.1, 0.15) is 66.6 Å². The largest absolute Gasteiger partial charge is 0.441 e. The molecule has 8 nitrogen and oxygen atoms in total. The molecule has 4 rings (SSSR count). The molecular formula is C20H24N4O4. The normalized spacial score (nSPS) is 17.1. The summed E-state index contributed by atoms with van der Waals surface area (Å²) < 4.78 is 16.3. The van der Waals surface area contributed by atoms with Crippen molar-refractivity contribution in [2.45, 2.75) is 45.1 Å². The second kappa shape index (κ2) is 7.71. The number of aromatic nitrogens is 3. The van der Waals surface area contributed by atoms with Crippen molar-refractivity contribution in [2.75, 3.05) is 20.3 Å². The lowest BCUT2D eigenvalue weighted by Gasteiger charge is -2.21. The zero-order chi connectivity index (χ0) is 19.7. The monoisotopic (exact) mass is 384 g/mol. The number of fused-ring (bicyclic) bond motifs is 1. The number of oxazole rings is 1. The van der Waals surface area contributed by atoms with E-state index in [0.717, 1.165) is 18.4 Å². The number of carbonyl (C=O) groups excluding carboxylic acids is 1. The first kappa shape index (κ1) is 18.6. The number of methoxy groups -OCH3 is 1. The highest BCUT2D eigenvalue weighted by atomic mass is 16.5. The summed E-state index contributed by atoms with van der Waals surface area (Å²) in [5.74, 6) is 1.90. The van der Waals surface area contributed by atoms with Crippen LogP contribution in [0.15, 0.2) is 27.1 Å². The summed E-state index contributed by atoms with van der Waals surface area (Å²) in [7, 11) is 1.64. The van der Waals surface area contributed by atoms with E-state index in [1.165, 1.54) is 0 Å². The van der Waals surface area contributed by atoms with Gasteiger partial charge in [0.05, 0.1) is 6.61 Å². The van der Waals surface area contributed by atoms with Gasteiger partial charge in [-0.3, -0.25) is 4.79 Å². The Kier molecular flexibility index (Phi) is 5.13. The summed E-state index contributed by atoms with van der Waals surface area (Å²) in [6.07, 6.45) is 2.32. The maximum absolute atomic E-state index is 13.1. The van der Waals surface area contributed by atoms with Crippen LogP contribution in [0, 0.1) is 0 Å². The molecule has 0 radical (unpaired) electrons. The molecular weight excluding hydrogens is 360 g/mol. The Morgan fingerprint density at radius 1 is 1.36 bits per heavy atom. The molecule has 8 heteroatoms. The maximum atomic E-state index is 13.1. The zero-order valence-electron chi connectivity index (χ0n) is 16.3. The summed E-state index contributed by atoms with van der Waals surface area (Å²) >= 11 is 0. The molecule has 28 heavy (non-hydrogen) atoms. The molecule has 1 aliphatic rings. The molecule has 2 aromatic heterocycles. The van der Waals surface area contributed by atoms with Gasteiger partial charge in [-0.05, 0) is 31.0 Å². The SMILES string of the molecule is COCCc1nc2ccc(C(=O)N3CCCC3c3nc(C(C)C)no3)cc2o1. The maximum Gasteiger partial charge on any atom is 0.254 e. The third-order valence-corrected chi connectivity index (χ3v) is 4.97. The molecule has 0 saturated carbocycles. The van der Waals surface area contributed by atoms with Gasteiger partial charge in [-0.1, -0.05) is 19.0 Å². The Morgan fingerprint density at radius 3 is 2.96 bits per heavy atom. The van der Waals surface area contributed by atoms with Crippen molar-refractivity contribution in [1.29, 1.82) is 0 Å². The Hall–Kier alpha value is -2.74. The molecule has 1 aromatic carbocycles. The first-order chi connectivity index (χ1) is 13.6. The molecule has 3 heterocycles. The van der Waals surface area contributed by atoms with E-state index in [9.17, 15) is 4.79 Å². The van der Waals surface area contributed by atoms with E-state index in [0.29, 0.717) is 48.3 Å².